The molecule has 5 nitrogen and oxygen atoms in total. The van der Waals surface area contributed by atoms with E-state index in [1.54, 1.807) is 24.4 Å². The first-order valence-electron chi connectivity index (χ1n) is 7.02. The first-order valence-corrected chi connectivity index (χ1v) is 7.02. The molecular formula is C17H17FN2O3. The first-order chi connectivity index (χ1) is 10.9. The van der Waals surface area contributed by atoms with Crippen molar-refractivity contribution in [2.24, 2.45) is 0 Å². The van der Waals surface area contributed by atoms with Crippen molar-refractivity contribution < 1.29 is 18.7 Å². The fraction of sp³-hybridized carbons (Fsp3) is 0.235. The highest BCUT2D eigenvalue weighted by atomic mass is 19.1. The zero-order valence-electron chi connectivity index (χ0n) is 13.1. The number of methoxy groups -OCH3 is 1. The molecule has 1 aromatic carbocycles. The van der Waals surface area contributed by atoms with Crippen LogP contribution in [0.3, 0.4) is 0 Å². The van der Waals surface area contributed by atoms with Crippen LogP contribution in [0.25, 0.3) is 11.3 Å². The molecule has 0 saturated carbocycles. The van der Waals surface area contributed by atoms with Gasteiger partial charge in [-0.05, 0) is 43.7 Å². The summed E-state index contributed by atoms with van der Waals surface area (Å²) in [6, 6.07) is 8.36. The van der Waals surface area contributed by atoms with Crippen LogP contribution >= 0.6 is 0 Å². The molecule has 0 spiro atoms. The standard InChI is InChI=1S/C17H17FN2O3/c1-10-4-5-15(19-9-10)12-6-13(17(22)23-3)8-14(7-12)20-16(21)11(2)18/h4-9,11H,1-3H3,(H,20,21). The number of halogens is 1. The van der Waals surface area contributed by atoms with Crippen LogP contribution < -0.4 is 5.32 Å². The van der Waals surface area contributed by atoms with E-state index in [9.17, 15) is 14.0 Å². The third-order valence-electron chi connectivity index (χ3n) is 3.19. The van der Waals surface area contributed by atoms with Crippen molar-refractivity contribution in [1.82, 2.24) is 4.98 Å². The Kier molecular flexibility index (Phi) is 5.05. The largest absolute Gasteiger partial charge is 0.465 e. The maximum atomic E-state index is 13.1. The quantitative estimate of drug-likeness (QED) is 0.880. The average molecular weight is 316 g/mol. The molecule has 1 atom stereocenters. The predicted octanol–water partition coefficient (Wildman–Crippen LogP) is 3.14. The number of carbonyl (C=O) groups excluding carboxylic acids is 2. The molecule has 1 amide bonds. The Morgan fingerprint density at radius 2 is 2.00 bits per heavy atom. The molecule has 0 saturated heterocycles. The molecule has 0 fully saturated rings. The van der Waals surface area contributed by atoms with Gasteiger partial charge in [0, 0.05) is 17.4 Å². The zero-order chi connectivity index (χ0) is 17.0. The molecule has 2 aromatic rings. The molecule has 1 heterocycles. The van der Waals surface area contributed by atoms with E-state index in [-0.39, 0.29) is 5.56 Å². The maximum Gasteiger partial charge on any atom is 0.337 e. The van der Waals surface area contributed by atoms with Crippen LogP contribution in [0.2, 0.25) is 0 Å². The molecular weight excluding hydrogens is 299 g/mol. The van der Waals surface area contributed by atoms with Crippen molar-refractivity contribution in [3.63, 3.8) is 0 Å². The van der Waals surface area contributed by atoms with E-state index in [2.05, 4.69) is 10.3 Å². The van der Waals surface area contributed by atoms with E-state index in [1.165, 1.54) is 13.2 Å². The summed E-state index contributed by atoms with van der Waals surface area (Å²) in [5.41, 5.74) is 2.80. The molecule has 0 bridgehead atoms. The number of nitrogens with one attached hydrogen (secondary N) is 1. The second-order valence-corrected chi connectivity index (χ2v) is 5.12. The van der Waals surface area contributed by atoms with Crippen molar-refractivity contribution in [3.8, 4) is 11.3 Å². The van der Waals surface area contributed by atoms with Gasteiger partial charge in [-0.2, -0.15) is 0 Å². The average Bonchev–Trinajstić information content (AvgIpc) is 2.54. The Morgan fingerprint density at radius 1 is 1.26 bits per heavy atom. The second-order valence-electron chi connectivity index (χ2n) is 5.12. The van der Waals surface area contributed by atoms with Gasteiger partial charge in [-0.25, -0.2) is 9.18 Å². The van der Waals surface area contributed by atoms with Crippen molar-refractivity contribution in [3.05, 3.63) is 47.7 Å². The first kappa shape index (κ1) is 16.6. The fourth-order valence-electron chi connectivity index (χ4n) is 1.96. The molecule has 1 aromatic heterocycles. The van der Waals surface area contributed by atoms with Crippen molar-refractivity contribution >= 4 is 17.6 Å². The number of hydrogen-bond acceptors (Lipinski definition) is 4. The minimum atomic E-state index is -1.65. The van der Waals surface area contributed by atoms with Crippen LogP contribution in [0.5, 0.6) is 0 Å². The summed E-state index contributed by atoms with van der Waals surface area (Å²) in [5.74, 6) is -1.34. The number of hydrogen-bond donors (Lipinski definition) is 1. The lowest BCUT2D eigenvalue weighted by atomic mass is 10.1. The molecule has 1 N–H and O–H groups in total. The number of ether oxygens (including phenoxy) is 1. The van der Waals surface area contributed by atoms with Gasteiger partial charge in [-0.3, -0.25) is 9.78 Å². The number of benzene rings is 1. The molecule has 1 unspecified atom stereocenters. The van der Waals surface area contributed by atoms with Crippen LogP contribution in [-0.4, -0.2) is 30.1 Å². The Hall–Kier alpha value is -2.76. The molecule has 0 radical (unpaired) electrons. The monoisotopic (exact) mass is 316 g/mol. The summed E-state index contributed by atoms with van der Waals surface area (Å²) in [7, 11) is 1.26. The SMILES string of the molecule is COC(=O)c1cc(NC(=O)C(C)F)cc(-c2ccc(C)cn2)c1. The number of nitrogens with zero attached hydrogens (tertiary/aromatic N) is 1. The number of amides is 1. The number of aromatic nitrogens is 1. The molecule has 6 heteroatoms. The Labute approximate surface area is 133 Å². The minimum Gasteiger partial charge on any atom is -0.465 e. The van der Waals surface area contributed by atoms with Gasteiger partial charge in [0.05, 0.1) is 18.4 Å². The van der Waals surface area contributed by atoms with E-state index in [4.69, 9.17) is 4.74 Å². The molecule has 23 heavy (non-hydrogen) atoms. The van der Waals surface area contributed by atoms with Crippen molar-refractivity contribution in [2.45, 2.75) is 20.0 Å². The van der Waals surface area contributed by atoms with E-state index < -0.39 is 18.0 Å². The highest BCUT2D eigenvalue weighted by Gasteiger charge is 2.15. The minimum absolute atomic E-state index is 0.245. The van der Waals surface area contributed by atoms with Gasteiger partial charge >= 0.3 is 5.97 Å². The topological polar surface area (TPSA) is 68.3 Å². The smallest absolute Gasteiger partial charge is 0.337 e. The fourth-order valence-corrected chi connectivity index (χ4v) is 1.96. The number of rotatable bonds is 4. The summed E-state index contributed by atoms with van der Waals surface area (Å²) < 4.78 is 17.8. The Morgan fingerprint density at radius 3 is 2.57 bits per heavy atom. The number of aryl methyl sites for hydroxylation is 1. The van der Waals surface area contributed by atoms with Crippen LogP contribution in [0.4, 0.5) is 10.1 Å². The highest BCUT2D eigenvalue weighted by molar-refractivity contribution is 5.97. The van der Waals surface area contributed by atoms with Gasteiger partial charge < -0.3 is 10.1 Å². The normalized spacial score (nSPS) is 11.7. The van der Waals surface area contributed by atoms with Gasteiger partial charge in [-0.15, -0.1) is 0 Å². The van der Waals surface area contributed by atoms with Gasteiger partial charge in [0.25, 0.3) is 5.91 Å². The lowest BCUT2D eigenvalue weighted by Crippen LogP contribution is -2.21. The van der Waals surface area contributed by atoms with Crippen LogP contribution in [0, 0.1) is 6.92 Å². The van der Waals surface area contributed by atoms with Crippen LogP contribution in [0.15, 0.2) is 36.5 Å². The Bertz CT molecular complexity index is 727. The number of pyridine rings is 1. The number of anilines is 1. The third-order valence-corrected chi connectivity index (χ3v) is 3.19. The molecule has 2 rings (SSSR count). The summed E-state index contributed by atoms with van der Waals surface area (Å²) >= 11 is 0. The van der Waals surface area contributed by atoms with Crippen LogP contribution in [-0.2, 0) is 9.53 Å². The third kappa shape index (κ3) is 4.12. The summed E-state index contributed by atoms with van der Waals surface area (Å²) in [6.45, 7) is 3.05. The Balaban J connectivity index is 2.46. The molecule has 0 aliphatic carbocycles. The van der Waals surface area contributed by atoms with Crippen LogP contribution in [0.1, 0.15) is 22.8 Å². The predicted molar refractivity (Wildman–Crippen MR) is 84.9 cm³/mol. The molecule has 0 aliphatic rings. The zero-order valence-corrected chi connectivity index (χ0v) is 13.1. The highest BCUT2D eigenvalue weighted by Crippen LogP contribution is 2.24. The van der Waals surface area contributed by atoms with Gasteiger partial charge in [0.15, 0.2) is 6.17 Å². The summed E-state index contributed by atoms with van der Waals surface area (Å²) in [4.78, 5) is 27.6. The van der Waals surface area contributed by atoms with Gasteiger partial charge in [-0.1, -0.05) is 6.07 Å². The summed E-state index contributed by atoms with van der Waals surface area (Å²) in [6.07, 6.45) is 0.0416. The van der Waals surface area contributed by atoms with E-state index in [0.29, 0.717) is 16.9 Å². The van der Waals surface area contributed by atoms with Gasteiger partial charge in [0.1, 0.15) is 0 Å². The van der Waals surface area contributed by atoms with E-state index in [1.807, 2.05) is 13.0 Å². The summed E-state index contributed by atoms with van der Waals surface area (Å²) in [5, 5.41) is 2.43. The van der Waals surface area contributed by atoms with Crippen molar-refractivity contribution in [1.29, 1.82) is 0 Å². The number of esters is 1. The number of carbonyl (C=O) groups is 2. The maximum absolute atomic E-state index is 13.1. The van der Waals surface area contributed by atoms with Crippen molar-refractivity contribution in [2.75, 3.05) is 12.4 Å². The van der Waals surface area contributed by atoms with E-state index >= 15 is 0 Å². The lowest BCUT2D eigenvalue weighted by Gasteiger charge is -2.11. The molecule has 0 aliphatic heterocycles. The molecule has 120 valence electrons. The van der Waals surface area contributed by atoms with E-state index in [0.717, 1.165) is 12.5 Å². The number of alkyl halides is 1. The van der Waals surface area contributed by atoms with Gasteiger partial charge in [0.2, 0.25) is 0 Å². The second kappa shape index (κ2) is 7.00. The lowest BCUT2D eigenvalue weighted by molar-refractivity contribution is -0.120.